The van der Waals surface area contributed by atoms with Gasteiger partial charge in [0.15, 0.2) is 5.75 Å². The molecule has 0 aliphatic carbocycles. The molecule has 2 aromatic carbocycles. The van der Waals surface area contributed by atoms with Gasteiger partial charge in [0.2, 0.25) is 0 Å². The molecule has 2 atom stereocenters. The van der Waals surface area contributed by atoms with E-state index in [-0.39, 0.29) is 17.3 Å². The minimum absolute atomic E-state index is 0.213. The standard InChI is InChI=1S/C59H70F2N4O2.Zn/c1-8-15-19-21-25-42(23-17-10-3)40-66-57-35-27-44(38-49(57)60)37-46-29-30-53(63-46)48(13-6)54-32-34-56(65-54)59(55-33-31-52(64-55)47(12-5)51(62)14-7)45-28-36-58(50(61)39-45)67-41-43(24-18-11-4)26-22-20-16-9-2;/h5-6,14,27-36,38-39,42-43,64H,7-11,15-26,40-41,62H2,1-4H3;/b51-47-,53-48-,59-56-;. The quantitative estimate of drug-likeness (QED) is 0.0315. The van der Waals surface area contributed by atoms with E-state index in [2.05, 4.69) is 51.1 Å². The van der Waals surface area contributed by atoms with Crippen molar-refractivity contribution in [2.24, 2.45) is 27.6 Å². The number of rotatable bonds is 29. The summed E-state index contributed by atoms with van der Waals surface area (Å²) in [6.07, 6.45) is 39.5. The number of aromatic nitrogens is 1. The van der Waals surface area contributed by atoms with Crippen molar-refractivity contribution in [2.45, 2.75) is 130 Å². The van der Waals surface area contributed by atoms with Gasteiger partial charge in [-0.3, -0.25) is 0 Å². The Kier molecular flexibility index (Phi) is 22.0. The molecule has 5 rings (SSSR count). The van der Waals surface area contributed by atoms with Crippen LogP contribution in [0.1, 0.15) is 153 Å². The van der Waals surface area contributed by atoms with Crippen LogP contribution in [0.5, 0.6) is 11.5 Å². The van der Waals surface area contributed by atoms with Gasteiger partial charge in [0.05, 0.1) is 12.2 Å². The van der Waals surface area contributed by atoms with Gasteiger partial charge >= 0.3 is 269 Å². The maximum atomic E-state index is 16.1. The van der Waals surface area contributed by atoms with E-state index >= 15 is 8.78 Å². The fourth-order valence-electron chi connectivity index (χ4n) is 8.61. The van der Waals surface area contributed by atoms with Crippen LogP contribution in [-0.2, 0) is 17.9 Å². The van der Waals surface area contributed by atoms with Gasteiger partial charge in [-0.15, -0.1) is 6.42 Å². The zero-order valence-corrected chi connectivity index (χ0v) is 44.0. The van der Waals surface area contributed by atoms with Gasteiger partial charge in [0, 0.05) is 5.70 Å². The van der Waals surface area contributed by atoms with Gasteiger partial charge in [-0.1, -0.05) is 78.2 Å². The van der Waals surface area contributed by atoms with Gasteiger partial charge in [-0.05, 0) is 24.8 Å². The number of hydrogen-bond donors (Lipinski definition) is 2. The normalized spacial score (nSPS) is 15.8. The second kappa shape index (κ2) is 28.0. The van der Waals surface area contributed by atoms with Crippen LogP contribution in [0.15, 0.2) is 118 Å². The molecule has 0 saturated heterocycles. The summed E-state index contributed by atoms with van der Waals surface area (Å²) < 4.78 is 44.9. The van der Waals surface area contributed by atoms with Crippen LogP contribution in [0.4, 0.5) is 8.78 Å². The number of nitrogens with two attached hydrogens (primary N) is 1. The summed E-state index contributed by atoms with van der Waals surface area (Å²) in [5, 5.41) is 0. The Bertz CT molecular complexity index is 2540. The summed E-state index contributed by atoms with van der Waals surface area (Å²) in [5.41, 5.74) is 13.1. The first kappa shape index (κ1) is 53.3. The average Bonchev–Trinajstić information content (AvgIpc) is 4.15. The van der Waals surface area contributed by atoms with Crippen LogP contribution in [-0.4, -0.2) is 33.7 Å². The molecule has 0 spiro atoms. The summed E-state index contributed by atoms with van der Waals surface area (Å²) >= 11 is 0.738. The first-order valence-electron chi connectivity index (χ1n) is 24.9. The minimum atomic E-state index is -0.468. The molecule has 2 aliphatic heterocycles. The predicted molar refractivity (Wildman–Crippen MR) is 277 cm³/mol. The molecule has 3 N–H and O–H groups in total. The molecule has 68 heavy (non-hydrogen) atoms. The van der Waals surface area contributed by atoms with Crippen LogP contribution in [0, 0.1) is 48.2 Å². The molecule has 2 aliphatic rings. The Morgan fingerprint density at radius 3 is 1.74 bits per heavy atom. The summed E-state index contributed by atoms with van der Waals surface area (Å²) in [7, 11) is 0. The van der Waals surface area contributed by atoms with Crippen LogP contribution in [0.3, 0.4) is 0 Å². The van der Waals surface area contributed by atoms with Crippen LogP contribution in [0.25, 0.3) is 11.1 Å². The molecule has 1 aromatic heterocycles. The molecule has 2 unspecified atom stereocenters. The van der Waals surface area contributed by atoms with Gasteiger partial charge in [0.25, 0.3) is 0 Å². The summed E-state index contributed by atoms with van der Waals surface area (Å²) in [6, 6.07) is 13.9. The van der Waals surface area contributed by atoms with Crippen molar-refractivity contribution >= 4 is 26.7 Å². The zero-order valence-electron chi connectivity index (χ0n) is 41.0. The topological polar surface area (TPSA) is 85.0 Å². The van der Waals surface area contributed by atoms with Crippen molar-refractivity contribution in [1.29, 1.82) is 0 Å². The van der Waals surface area contributed by atoms with Gasteiger partial charge in [0.1, 0.15) is 0 Å². The van der Waals surface area contributed by atoms with E-state index in [1.807, 2.05) is 48.6 Å². The second-order valence-corrected chi connectivity index (χ2v) is 19.4. The number of nitrogens with zero attached hydrogens (tertiary/aromatic N) is 2. The molecule has 9 heteroatoms. The van der Waals surface area contributed by atoms with Gasteiger partial charge < -0.3 is 10.5 Å². The van der Waals surface area contributed by atoms with E-state index in [0.29, 0.717) is 87.2 Å². The number of terminal acetylenes is 2. The molecule has 0 saturated carbocycles. The number of unbranched alkanes of at least 4 members (excludes halogenated alkanes) is 8. The third-order valence-electron chi connectivity index (χ3n) is 12.7. The molecule has 0 fully saturated rings. The molecular weight excluding hydrogens is 900 g/mol. The summed E-state index contributed by atoms with van der Waals surface area (Å²) in [4.78, 5) is 13.4. The van der Waals surface area contributed by atoms with Crippen molar-refractivity contribution in [3.05, 3.63) is 142 Å². The number of nitrogens with one attached hydrogen (secondary N) is 1. The van der Waals surface area contributed by atoms with E-state index in [0.717, 1.165) is 85.3 Å². The Morgan fingerprint density at radius 1 is 0.676 bits per heavy atom. The molecule has 3 heterocycles. The van der Waals surface area contributed by atoms with E-state index in [9.17, 15) is 0 Å². The monoisotopic (exact) mass is 968 g/mol. The fourth-order valence-corrected chi connectivity index (χ4v) is 9.48. The second-order valence-electron chi connectivity index (χ2n) is 17.9. The average molecular weight is 971 g/mol. The van der Waals surface area contributed by atoms with Crippen LogP contribution < -0.4 is 15.2 Å². The number of allylic oxidation sites excluding steroid dienone is 7. The Balaban J connectivity index is 1.42. The zero-order chi connectivity index (χ0) is 48.8. The van der Waals surface area contributed by atoms with Gasteiger partial charge in [-0.2, -0.15) is 0 Å². The fraction of sp³-hybridized carbons (Fsp3) is 0.407. The Morgan fingerprint density at radius 2 is 1.19 bits per heavy atom. The third-order valence-corrected chi connectivity index (χ3v) is 14.3. The first-order chi connectivity index (χ1) is 33.1. The van der Waals surface area contributed by atoms with E-state index in [4.69, 9.17) is 38.0 Å². The number of H-pyrrole nitrogens is 1. The van der Waals surface area contributed by atoms with Crippen LogP contribution >= 0.6 is 0 Å². The third kappa shape index (κ3) is 14.9. The summed E-state index contributed by atoms with van der Waals surface area (Å²) in [5.74, 6) is 5.91. The maximum absolute atomic E-state index is 16.1. The molecule has 0 amide bonds. The first-order valence-corrected chi connectivity index (χ1v) is 26.4. The number of hydrogen-bond acceptors (Lipinski definition) is 5. The number of ether oxygens (including phenoxy) is 2. The van der Waals surface area contributed by atoms with Crippen LogP contribution in [0.2, 0.25) is 0 Å². The molecule has 354 valence electrons. The van der Waals surface area contributed by atoms with Crippen molar-refractivity contribution in [3.63, 3.8) is 0 Å². The van der Waals surface area contributed by atoms with E-state index in [1.54, 1.807) is 18.2 Å². The van der Waals surface area contributed by atoms with E-state index in [1.165, 1.54) is 57.1 Å². The number of aromatic amines is 1. The van der Waals surface area contributed by atoms with Crippen molar-refractivity contribution < 1.29 is 36.1 Å². The summed E-state index contributed by atoms with van der Waals surface area (Å²) in [6.45, 7) is 13.6. The van der Waals surface area contributed by atoms with Crippen molar-refractivity contribution in [1.82, 2.24) is 4.98 Å². The molecule has 6 nitrogen and oxygen atoms in total. The molecule has 0 radical (unpaired) electrons. The molecule has 0 bridgehead atoms. The molecule has 3 aromatic rings. The number of halogens is 2. The number of benzene rings is 2. The predicted octanol–water partition coefficient (Wildman–Crippen LogP) is 14.5. The number of aliphatic imine (C=N–C) groups is 2. The van der Waals surface area contributed by atoms with E-state index < -0.39 is 5.82 Å². The Labute approximate surface area is 415 Å². The Hall–Kier alpha value is -5.63. The SMILES string of the molecule is C#C/C(C1=N/C(=C(/c2ccc(OCC(CCCC)CCCCCC)c(F)c2)c2ccc(/C(C#C)=C(\N)C=C)[nH]2)C=C1)=C1\C=CC([C](=[Zn])c2ccc(OCC(CCCC)CCCCCC)c(F)c2)=N1. The van der Waals surface area contributed by atoms with Crippen molar-refractivity contribution in [2.75, 3.05) is 13.2 Å². The molecular formula is C59H70F2N4O2Zn. The van der Waals surface area contributed by atoms with Crippen molar-refractivity contribution in [3.8, 4) is 36.2 Å². The van der Waals surface area contributed by atoms with Gasteiger partial charge in [-0.25, -0.2) is 4.39 Å².